The number of hydrogen-bond donors (Lipinski definition) is 2. The number of nitrogens with zero attached hydrogens (tertiary/aromatic N) is 2. The molecular weight excluding hydrogens is 308 g/mol. The van der Waals surface area contributed by atoms with Gasteiger partial charge in [0.25, 0.3) is 0 Å². The Hall–Kier alpha value is -2.26. The van der Waals surface area contributed by atoms with Gasteiger partial charge in [-0.25, -0.2) is 4.98 Å². The molecule has 96 valence electrons. The molecular formula is C13H11BrN4O. The standard InChI is InChI=1S/C13H11BrN4O/c1-19-12-4-2-8(6-9(12)14)17-13-5-3-10(16)11(7-15)18-13/h2-6H,16H2,1H3,(H,17,18). The van der Waals surface area contributed by atoms with Crippen molar-refractivity contribution in [3.05, 3.63) is 40.5 Å². The van der Waals surface area contributed by atoms with Crippen LogP contribution in [0.2, 0.25) is 0 Å². The Balaban J connectivity index is 2.26. The lowest BCUT2D eigenvalue weighted by molar-refractivity contribution is 0.412. The first-order valence-corrected chi connectivity index (χ1v) is 6.20. The maximum absolute atomic E-state index is 8.88. The number of methoxy groups -OCH3 is 1. The van der Waals surface area contributed by atoms with Crippen LogP contribution in [0.1, 0.15) is 5.69 Å². The maximum atomic E-state index is 8.88. The predicted octanol–water partition coefficient (Wildman–Crippen LogP) is 3.05. The van der Waals surface area contributed by atoms with Crippen molar-refractivity contribution in [1.29, 1.82) is 5.26 Å². The van der Waals surface area contributed by atoms with Gasteiger partial charge in [-0.15, -0.1) is 0 Å². The van der Waals surface area contributed by atoms with E-state index in [1.54, 1.807) is 19.2 Å². The first kappa shape index (κ1) is 13.2. The van der Waals surface area contributed by atoms with Crippen molar-refractivity contribution >= 4 is 33.1 Å². The smallest absolute Gasteiger partial charge is 0.165 e. The molecule has 0 amide bonds. The van der Waals surface area contributed by atoms with E-state index >= 15 is 0 Å². The van der Waals surface area contributed by atoms with Crippen LogP contribution < -0.4 is 15.8 Å². The van der Waals surface area contributed by atoms with Crippen LogP contribution in [-0.4, -0.2) is 12.1 Å². The van der Waals surface area contributed by atoms with Crippen LogP contribution in [-0.2, 0) is 0 Å². The van der Waals surface area contributed by atoms with E-state index in [-0.39, 0.29) is 5.69 Å². The lowest BCUT2D eigenvalue weighted by atomic mass is 10.3. The second kappa shape index (κ2) is 5.59. The van der Waals surface area contributed by atoms with Crippen molar-refractivity contribution in [3.8, 4) is 11.8 Å². The summed E-state index contributed by atoms with van der Waals surface area (Å²) in [6.07, 6.45) is 0. The summed E-state index contributed by atoms with van der Waals surface area (Å²) in [5, 5.41) is 12.0. The number of aromatic nitrogens is 1. The van der Waals surface area contributed by atoms with Crippen LogP contribution in [0.3, 0.4) is 0 Å². The monoisotopic (exact) mass is 318 g/mol. The molecule has 0 aliphatic heterocycles. The fourth-order valence-corrected chi connectivity index (χ4v) is 2.06. The third-order valence-electron chi connectivity index (χ3n) is 2.46. The molecule has 0 bridgehead atoms. The van der Waals surface area contributed by atoms with Gasteiger partial charge in [-0.2, -0.15) is 5.26 Å². The predicted molar refractivity (Wildman–Crippen MR) is 77.3 cm³/mol. The topological polar surface area (TPSA) is 84.0 Å². The van der Waals surface area contributed by atoms with Gasteiger partial charge >= 0.3 is 0 Å². The second-order valence-corrected chi connectivity index (χ2v) is 4.57. The van der Waals surface area contributed by atoms with E-state index in [2.05, 4.69) is 26.2 Å². The maximum Gasteiger partial charge on any atom is 0.165 e. The molecule has 0 aliphatic carbocycles. The molecule has 6 heteroatoms. The Morgan fingerprint density at radius 3 is 2.79 bits per heavy atom. The zero-order chi connectivity index (χ0) is 13.8. The highest BCUT2D eigenvalue weighted by atomic mass is 79.9. The molecule has 5 nitrogen and oxygen atoms in total. The number of ether oxygens (including phenoxy) is 1. The molecule has 2 aromatic rings. The molecule has 0 unspecified atom stereocenters. The molecule has 0 spiro atoms. The van der Waals surface area contributed by atoms with Gasteiger partial charge in [0.2, 0.25) is 0 Å². The van der Waals surface area contributed by atoms with Gasteiger partial charge < -0.3 is 15.8 Å². The SMILES string of the molecule is COc1ccc(Nc2ccc(N)c(C#N)n2)cc1Br. The second-order valence-electron chi connectivity index (χ2n) is 3.72. The highest BCUT2D eigenvalue weighted by molar-refractivity contribution is 9.10. The number of halogens is 1. The molecule has 0 atom stereocenters. The quantitative estimate of drug-likeness (QED) is 0.908. The number of rotatable bonds is 3. The van der Waals surface area contributed by atoms with Crippen LogP contribution in [0.4, 0.5) is 17.2 Å². The van der Waals surface area contributed by atoms with Crippen LogP contribution >= 0.6 is 15.9 Å². The fourth-order valence-electron chi connectivity index (χ4n) is 1.52. The molecule has 0 aliphatic rings. The van der Waals surface area contributed by atoms with Crippen molar-refractivity contribution in [2.24, 2.45) is 0 Å². The number of hydrogen-bond acceptors (Lipinski definition) is 5. The third kappa shape index (κ3) is 2.95. The molecule has 3 N–H and O–H groups in total. The van der Waals surface area contributed by atoms with E-state index in [1.165, 1.54) is 0 Å². The van der Waals surface area contributed by atoms with E-state index in [0.29, 0.717) is 11.5 Å². The summed E-state index contributed by atoms with van der Waals surface area (Å²) in [6, 6.07) is 10.9. The average Bonchev–Trinajstić information content (AvgIpc) is 2.41. The number of anilines is 3. The molecule has 1 heterocycles. The van der Waals surface area contributed by atoms with E-state index in [4.69, 9.17) is 15.7 Å². The average molecular weight is 319 g/mol. The summed E-state index contributed by atoms with van der Waals surface area (Å²) in [5.74, 6) is 1.30. The summed E-state index contributed by atoms with van der Waals surface area (Å²) < 4.78 is 5.98. The van der Waals surface area contributed by atoms with Gasteiger partial charge in [0.15, 0.2) is 5.69 Å². The highest BCUT2D eigenvalue weighted by Crippen LogP contribution is 2.29. The normalized spacial score (nSPS) is 9.74. The zero-order valence-corrected chi connectivity index (χ0v) is 11.7. The van der Waals surface area contributed by atoms with Gasteiger partial charge in [-0.3, -0.25) is 0 Å². The number of nitrogen functional groups attached to an aromatic ring is 1. The summed E-state index contributed by atoms with van der Waals surface area (Å²) in [4.78, 5) is 4.11. The fraction of sp³-hybridized carbons (Fsp3) is 0.0769. The van der Waals surface area contributed by atoms with Gasteiger partial charge in [0.1, 0.15) is 17.6 Å². The molecule has 1 aromatic carbocycles. The van der Waals surface area contributed by atoms with Gasteiger partial charge in [0, 0.05) is 5.69 Å². The van der Waals surface area contributed by atoms with Crippen LogP contribution in [0.25, 0.3) is 0 Å². The molecule has 0 saturated heterocycles. The number of nitrogens with two attached hydrogens (primary N) is 1. The lowest BCUT2D eigenvalue weighted by Gasteiger charge is -2.09. The first-order valence-electron chi connectivity index (χ1n) is 5.41. The Bertz CT molecular complexity index is 652. The summed E-state index contributed by atoms with van der Waals surface area (Å²) in [6.45, 7) is 0. The molecule has 19 heavy (non-hydrogen) atoms. The van der Waals surface area contributed by atoms with Crippen molar-refractivity contribution in [1.82, 2.24) is 4.98 Å². The molecule has 1 aromatic heterocycles. The molecule has 0 saturated carbocycles. The van der Waals surface area contributed by atoms with Gasteiger partial charge in [0.05, 0.1) is 17.3 Å². The largest absolute Gasteiger partial charge is 0.496 e. The van der Waals surface area contributed by atoms with Crippen molar-refractivity contribution < 1.29 is 4.74 Å². The summed E-state index contributed by atoms with van der Waals surface area (Å²) in [7, 11) is 1.61. The van der Waals surface area contributed by atoms with Crippen molar-refractivity contribution in [3.63, 3.8) is 0 Å². The lowest BCUT2D eigenvalue weighted by Crippen LogP contribution is -1.99. The minimum atomic E-state index is 0.206. The third-order valence-corrected chi connectivity index (χ3v) is 3.08. The molecule has 0 radical (unpaired) electrons. The zero-order valence-electron chi connectivity index (χ0n) is 10.1. The van der Waals surface area contributed by atoms with Gasteiger partial charge in [-0.05, 0) is 46.3 Å². The molecule has 0 fully saturated rings. The number of pyridine rings is 1. The van der Waals surface area contributed by atoms with E-state index in [1.807, 2.05) is 24.3 Å². The van der Waals surface area contributed by atoms with E-state index < -0.39 is 0 Å². The van der Waals surface area contributed by atoms with E-state index in [0.717, 1.165) is 15.9 Å². The summed E-state index contributed by atoms with van der Waals surface area (Å²) in [5.41, 5.74) is 7.02. The van der Waals surface area contributed by atoms with E-state index in [9.17, 15) is 0 Å². The Labute approximate surface area is 119 Å². The highest BCUT2D eigenvalue weighted by Gasteiger charge is 2.05. The first-order chi connectivity index (χ1) is 9.13. The minimum Gasteiger partial charge on any atom is -0.496 e. The number of benzene rings is 1. The van der Waals surface area contributed by atoms with Crippen molar-refractivity contribution in [2.75, 3.05) is 18.2 Å². The molecule has 2 rings (SSSR count). The van der Waals surface area contributed by atoms with Crippen LogP contribution in [0.15, 0.2) is 34.8 Å². The Kier molecular flexibility index (Phi) is 3.88. The van der Waals surface area contributed by atoms with Gasteiger partial charge in [-0.1, -0.05) is 0 Å². The number of nitrogens with one attached hydrogen (secondary N) is 1. The van der Waals surface area contributed by atoms with Crippen LogP contribution in [0, 0.1) is 11.3 Å². The summed E-state index contributed by atoms with van der Waals surface area (Å²) >= 11 is 3.40. The van der Waals surface area contributed by atoms with Crippen molar-refractivity contribution in [2.45, 2.75) is 0 Å². The Morgan fingerprint density at radius 1 is 1.37 bits per heavy atom. The minimum absolute atomic E-state index is 0.206. The Morgan fingerprint density at radius 2 is 2.16 bits per heavy atom. The number of nitriles is 1. The van der Waals surface area contributed by atoms with Crippen LogP contribution in [0.5, 0.6) is 5.75 Å².